The molecule has 1 amide bonds. The standard InChI is InChI=1S/C13H15FN4O/c1-8(13-16-9(2)17-18-13)15-12(19)7-10-4-3-5-11(14)6-10/h3-6,8H,7H2,1-2H3,(H,15,19)(H,16,17,18). The minimum Gasteiger partial charge on any atom is -0.346 e. The van der Waals surface area contributed by atoms with E-state index in [1.807, 2.05) is 0 Å². The number of nitrogens with one attached hydrogen (secondary N) is 2. The Morgan fingerprint density at radius 2 is 2.32 bits per heavy atom. The molecule has 1 atom stereocenters. The number of hydrogen-bond donors (Lipinski definition) is 2. The van der Waals surface area contributed by atoms with Gasteiger partial charge in [-0.3, -0.25) is 9.89 Å². The van der Waals surface area contributed by atoms with Crippen molar-refractivity contribution in [3.05, 3.63) is 47.3 Å². The molecule has 2 aromatic rings. The molecular formula is C13H15FN4O. The van der Waals surface area contributed by atoms with Crippen LogP contribution >= 0.6 is 0 Å². The molecule has 5 nitrogen and oxygen atoms in total. The highest BCUT2D eigenvalue weighted by molar-refractivity contribution is 5.78. The van der Waals surface area contributed by atoms with Gasteiger partial charge in [-0.25, -0.2) is 9.37 Å². The zero-order valence-corrected chi connectivity index (χ0v) is 10.8. The van der Waals surface area contributed by atoms with Crippen LogP contribution in [0.3, 0.4) is 0 Å². The first-order valence-corrected chi connectivity index (χ1v) is 5.97. The van der Waals surface area contributed by atoms with Gasteiger partial charge in [-0.1, -0.05) is 12.1 Å². The maximum atomic E-state index is 13.0. The molecule has 1 unspecified atom stereocenters. The zero-order valence-electron chi connectivity index (χ0n) is 10.8. The summed E-state index contributed by atoms with van der Waals surface area (Å²) in [6, 6.07) is 5.71. The molecule has 0 aliphatic rings. The van der Waals surface area contributed by atoms with Crippen LogP contribution in [0.1, 0.15) is 30.2 Å². The molecule has 0 saturated carbocycles. The van der Waals surface area contributed by atoms with Crippen molar-refractivity contribution in [2.45, 2.75) is 26.3 Å². The number of aryl methyl sites for hydroxylation is 1. The molecule has 0 fully saturated rings. The molecule has 0 radical (unpaired) electrons. The maximum absolute atomic E-state index is 13.0. The second-order valence-corrected chi connectivity index (χ2v) is 4.37. The van der Waals surface area contributed by atoms with Gasteiger partial charge in [0, 0.05) is 0 Å². The van der Waals surface area contributed by atoms with Crippen molar-refractivity contribution in [3.63, 3.8) is 0 Å². The summed E-state index contributed by atoms with van der Waals surface area (Å²) in [6.45, 7) is 3.59. The molecule has 1 heterocycles. The largest absolute Gasteiger partial charge is 0.346 e. The molecule has 0 aliphatic heterocycles. The monoisotopic (exact) mass is 262 g/mol. The second kappa shape index (κ2) is 5.60. The fourth-order valence-corrected chi connectivity index (χ4v) is 1.74. The van der Waals surface area contributed by atoms with E-state index in [2.05, 4.69) is 20.5 Å². The van der Waals surface area contributed by atoms with Gasteiger partial charge >= 0.3 is 0 Å². The number of nitrogens with zero attached hydrogens (tertiary/aromatic N) is 2. The summed E-state index contributed by atoms with van der Waals surface area (Å²) in [7, 11) is 0. The van der Waals surface area contributed by atoms with Crippen LogP contribution in [0.25, 0.3) is 0 Å². The van der Waals surface area contributed by atoms with Crippen LogP contribution in [-0.2, 0) is 11.2 Å². The fraction of sp³-hybridized carbons (Fsp3) is 0.308. The smallest absolute Gasteiger partial charge is 0.225 e. The van der Waals surface area contributed by atoms with Crippen LogP contribution in [0.15, 0.2) is 24.3 Å². The van der Waals surface area contributed by atoms with Gasteiger partial charge in [0.25, 0.3) is 0 Å². The first-order chi connectivity index (χ1) is 9.04. The Labute approximate surface area is 110 Å². The number of H-pyrrole nitrogens is 1. The van der Waals surface area contributed by atoms with E-state index in [9.17, 15) is 9.18 Å². The molecule has 0 bridgehead atoms. The molecule has 0 spiro atoms. The Morgan fingerprint density at radius 1 is 1.53 bits per heavy atom. The minimum absolute atomic E-state index is 0.130. The molecule has 1 aromatic heterocycles. The molecule has 0 saturated heterocycles. The lowest BCUT2D eigenvalue weighted by atomic mass is 10.1. The predicted molar refractivity (Wildman–Crippen MR) is 67.8 cm³/mol. The second-order valence-electron chi connectivity index (χ2n) is 4.37. The summed E-state index contributed by atoms with van der Waals surface area (Å²) >= 11 is 0. The molecule has 2 N–H and O–H groups in total. The van der Waals surface area contributed by atoms with Gasteiger partial charge in [-0.15, -0.1) is 0 Å². The van der Waals surface area contributed by atoms with E-state index in [0.29, 0.717) is 17.2 Å². The van der Waals surface area contributed by atoms with E-state index < -0.39 is 0 Å². The maximum Gasteiger partial charge on any atom is 0.225 e. The van der Waals surface area contributed by atoms with Gasteiger partial charge in [0.1, 0.15) is 11.6 Å². The average molecular weight is 262 g/mol. The summed E-state index contributed by atoms with van der Waals surface area (Å²) < 4.78 is 13.0. The van der Waals surface area contributed by atoms with Crippen molar-refractivity contribution in [2.75, 3.05) is 0 Å². The van der Waals surface area contributed by atoms with Gasteiger partial charge in [0.2, 0.25) is 5.91 Å². The molecule has 2 rings (SSSR count). The summed E-state index contributed by atoms with van der Waals surface area (Å²) in [4.78, 5) is 16.0. The molecule has 6 heteroatoms. The van der Waals surface area contributed by atoms with Crippen molar-refractivity contribution in [3.8, 4) is 0 Å². The number of benzene rings is 1. The van der Waals surface area contributed by atoms with Crippen molar-refractivity contribution in [1.82, 2.24) is 20.5 Å². The Balaban J connectivity index is 1.94. The van der Waals surface area contributed by atoms with Crippen LogP contribution in [0.2, 0.25) is 0 Å². The predicted octanol–water partition coefficient (Wildman–Crippen LogP) is 1.67. The Bertz CT molecular complexity index is 582. The van der Waals surface area contributed by atoms with E-state index in [4.69, 9.17) is 0 Å². The number of carbonyl (C=O) groups is 1. The number of amides is 1. The van der Waals surface area contributed by atoms with Crippen LogP contribution in [0.5, 0.6) is 0 Å². The molecular weight excluding hydrogens is 247 g/mol. The third-order valence-corrected chi connectivity index (χ3v) is 2.63. The first-order valence-electron chi connectivity index (χ1n) is 5.97. The van der Waals surface area contributed by atoms with Gasteiger partial charge in [-0.2, -0.15) is 5.10 Å². The summed E-state index contributed by atoms with van der Waals surface area (Å²) in [5, 5.41) is 9.47. The summed E-state index contributed by atoms with van der Waals surface area (Å²) in [6.07, 6.45) is 0.130. The average Bonchev–Trinajstić information content (AvgIpc) is 2.75. The highest BCUT2D eigenvalue weighted by Gasteiger charge is 2.13. The number of carbonyl (C=O) groups excluding carboxylic acids is 1. The summed E-state index contributed by atoms with van der Waals surface area (Å²) in [5.41, 5.74) is 0.635. The lowest BCUT2D eigenvalue weighted by Gasteiger charge is -2.10. The van der Waals surface area contributed by atoms with Crippen LogP contribution in [0.4, 0.5) is 4.39 Å². The fourth-order valence-electron chi connectivity index (χ4n) is 1.74. The molecule has 19 heavy (non-hydrogen) atoms. The lowest BCUT2D eigenvalue weighted by molar-refractivity contribution is -0.121. The Kier molecular flexibility index (Phi) is 3.89. The van der Waals surface area contributed by atoms with Gasteiger partial charge < -0.3 is 5.32 Å². The van der Waals surface area contributed by atoms with E-state index in [1.54, 1.807) is 26.0 Å². The quantitative estimate of drug-likeness (QED) is 0.880. The normalized spacial score (nSPS) is 12.2. The van der Waals surface area contributed by atoms with E-state index in [0.717, 1.165) is 0 Å². The lowest BCUT2D eigenvalue weighted by Crippen LogP contribution is -2.28. The Hall–Kier alpha value is -2.24. The van der Waals surface area contributed by atoms with Crippen molar-refractivity contribution in [2.24, 2.45) is 0 Å². The van der Waals surface area contributed by atoms with Crippen molar-refractivity contribution in [1.29, 1.82) is 0 Å². The number of hydrogen-bond acceptors (Lipinski definition) is 3. The van der Waals surface area contributed by atoms with Gasteiger partial charge in [-0.05, 0) is 31.5 Å². The summed E-state index contributed by atoms with van der Waals surface area (Å²) in [5.74, 6) is 0.690. The van der Waals surface area contributed by atoms with E-state index in [1.165, 1.54) is 12.1 Å². The number of aromatic nitrogens is 3. The molecule has 0 aliphatic carbocycles. The SMILES string of the molecule is Cc1nc(C(C)NC(=O)Cc2cccc(F)c2)n[nH]1. The third-order valence-electron chi connectivity index (χ3n) is 2.63. The number of halogens is 1. The number of rotatable bonds is 4. The molecule has 100 valence electrons. The van der Waals surface area contributed by atoms with Crippen LogP contribution < -0.4 is 5.32 Å². The number of aromatic amines is 1. The minimum atomic E-state index is -0.344. The van der Waals surface area contributed by atoms with Gasteiger partial charge in [0.15, 0.2) is 5.82 Å². The first kappa shape index (κ1) is 13.2. The van der Waals surface area contributed by atoms with Crippen LogP contribution in [0, 0.1) is 12.7 Å². The van der Waals surface area contributed by atoms with Gasteiger partial charge in [0.05, 0.1) is 12.5 Å². The van der Waals surface area contributed by atoms with Crippen molar-refractivity contribution < 1.29 is 9.18 Å². The van der Waals surface area contributed by atoms with Crippen LogP contribution in [-0.4, -0.2) is 21.1 Å². The zero-order chi connectivity index (χ0) is 13.8. The van der Waals surface area contributed by atoms with Crippen molar-refractivity contribution >= 4 is 5.91 Å². The van der Waals surface area contributed by atoms with E-state index in [-0.39, 0.29) is 24.2 Å². The highest BCUT2D eigenvalue weighted by atomic mass is 19.1. The highest BCUT2D eigenvalue weighted by Crippen LogP contribution is 2.08. The third kappa shape index (κ3) is 3.61. The Morgan fingerprint density at radius 3 is 2.95 bits per heavy atom. The molecule has 1 aromatic carbocycles. The topological polar surface area (TPSA) is 70.7 Å². The van der Waals surface area contributed by atoms with E-state index >= 15 is 0 Å².